The van der Waals surface area contributed by atoms with Crippen molar-refractivity contribution in [2.45, 2.75) is 89.0 Å². The Morgan fingerprint density at radius 1 is 1.11 bits per heavy atom. The van der Waals surface area contributed by atoms with E-state index >= 15 is 0 Å². The Morgan fingerprint density at radius 3 is 2.58 bits per heavy atom. The molecule has 3 atom stereocenters. The molecule has 0 saturated heterocycles. The van der Waals surface area contributed by atoms with Crippen molar-refractivity contribution in [2.75, 3.05) is 27.2 Å². The van der Waals surface area contributed by atoms with Gasteiger partial charge in [0.15, 0.2) is 0 Å². The summed E-state index contributed by atoms with van der Waals surface area (Å²) >= 11 is 1.57. The number of amides is 4. The van der Waals surface area contributed by atoms with E-state index in [1.54, 1.807) is 37.3 Å². The molecule has 2 saturated carbocycles. The van der Waals surface area contributed by atoms with Gasteiger partial charge in [-0.3, -0.25) is 19.2 Å². The number of aromatic nitrogens is 2. The summed E-state index contributed by atoms with van der Waals surface area (Å²) in [5.74, 6) is -0.383. The van der Waals surface area contributed by atoms with E-state index in [9.17, 15) is 22.8 Å². The minimum atomic E-state index is -3.86. The second-order valence-electron chi connectivity index (χ2n) is 14.8. The second kappa shape index (κ2) is 14.0. The fourth-order valence-corrected chi connectivity index (χ4v) is 9.31. The summed E-state index contributed by atoms with van der Waals surface area (Å²) in [7, 11) is -0.548. The highest BCUT2D eigenvalue weighted by molar-refractivity contribution is 7.91. The maximum atomic E-state index is 14.4. The Bertz CT molecular complexity index is 2160. The molecule has 2 aromatic heterocycles. The molecular formula is C38H46N6O7S2. The number of nitrogens with one attached hydrogen (secondary N) is 2. The summed E-state index contributed by atoms with van der Waals surface area (Å²) in [5, 5.41) is 5.97. The highest BCUT2D eigenvalue weighted by Gasteiger charge is 2.62. The monoisotopic (exact) mass is 762 g/mol. The number of thiazole rings is 1. The third-order valence-corrected chi connectivity index (χ3v) is 13.6. The number of aryl methyl sites for hydroxylation is 1. The van der Waals surface area contributed by atoms with Crippen LogP contribution in [-0.4, -0.2) is 90.2 Å². The molecule has 7 rings (SSSR count). The van der Waals surface area contributed by atoms with Crippen LogP contribution >= 0.6 is 11.3 Å². The van der Waals surface area contributed by atoms with Gasteiger partial charge in [-0.2, -0.15) is 0 Å². The Labute approximate surface area is 313 Å². The summed E-state index contributed by atoms with van der Waals surface area (Å²) in [6.45, 7) is 8.39. The highest BCUT2D eigenvalue weighted by Crippen LogP contribution is 2.46. The minimum Gasteiger partial charge on any atom is -0.496 e. The molecule has 4 aliphatic rings. The SMILES string of the molecule is COc1ccc2c(O[C@H]3CN4C(=O)N(C)CCCC/C=C\[C@@H]5C[C@@]5(C(=O)NS(=O)(=O)C5CC5)NC(=O)C4=C3C)cc(-c3csc(C(C)C)n3)nc2c1C. The molecule has 2 fully saturated rings. The Balaban J connectivity index is 1.27. The van der Waals surface area contributed by atoms with Crippen molar-refractivity contribution in [1.82, 2.24) is 29.8 Å². The molecule has 2 aliphatic heterocycles. The molecule has 0 radical (unpaired) electrons. The number of benzene rings is 1. The first-order chi connectivity index (χ1) is 25.2. The van der Waals surface area contributed by atoms with Gasteiger partial charge in [0.25, 0.3) is 11.8 Å². The number of pyridine rings is 1. The van der Waals surface area contributed by atoms with Crippen LogP contribution in [0.4, 0.5) is 4.79 Å². The number of allylic oxidation sites excluding steroid dienone is 1. The molecule has 1 aromatic carbocycles. The van der Waals surface area contributed by atoms with Crippen molar-refractivity contribution >= 4 is 50.1 Å². The first-order valence-corrected chi connectivity index (χ1v) is 20.6. The smallest absolute Gasteiger partial charge is 0.324 e. The number of hydrogen-bond acceptors (Lipinski definition) is 10. The van der Waals surface area contributed by atoms with Gasteiger partial charge in [0.1, 0.15) is 28.8 Å². The molecule has 13 nitrogen and oxygen atoms in total. The zero-order valence-corrected chi connectivity index (χ0v) is 32.5. The molecule has 2 aliphatic carbocycles. The molecule has 3 aromatic rings. The lowest BCUT2D eigenvalue weighted by molar-refractivity contribution is -0.128. The van der Waals surface area contributed by atoms with Gasteiger partial charge in [0, 0.05) is 47.8 Å². The number of rotatable bonds is 8. The van der Waals surface area contributed by atoms with Gasteiger partial charge in [-0.05, 0) is 70.1 Å². The van der Waals surface area contributed by atoms with E-state index in [4.69, 9.17) is 19.4 Å². The van der Waals surface area contributed by atoms with E-state index in [1.807, 2.05) is 42.7 Å². The number of carbonyl (C=O) groups is 3. The number of sulfonamides is 1. The van der Waals surface area contributed by atoms with Crippen LogP contribution in [0.25, 0.3) is 22.3 Å². The molecule has 282 valence electrons. The Morgan fingerprint density at radius 2 is 1.89 bits per heavy atom. The summed E-state index contributed by atoms with van der Waals surface area (Å²) in [6.07, 6.45) is 6.62. The third kappa shape index (κ3) is 7.00. The molecule has 53 heavy (non-hydrogen) atoms. The van der Waals surface area contributed by atoms with E-state index < -0.39 is 44.6 Å². The van der Waals surface area contributed by atoms with Gasteiger partial charge in [0.05, 0.1) is 40.8 Å². The number of nitrogens with zero attached hydrogens (tertiary/aromatic N) is 4. The molecular weight excluding hydrogens is 717 g/mol. The fourth-order valence-electron chi connectivity index (χ4n) is 7.11. The van der Waals surface area contributed by atoms with Gasteiger partial charge in [-0.1, -0.05) is 26.0 Å². The number of fused-ring (bicyclic) bond motifs is 3. The standard InChI is InChI=1S/C38H46N6O7S2/c1-21(2)35-40-28(20-52-35)27-17-30(26-14-15-29(50-6)22(3)32(26)39-27)51-31-19-44-33(23(31)4)34(45)41-38(36(46)42-53(48,49)25-12-13-25)18-24(38)11-9-7-8-10-16-43(5)37(44)47/h9,11,14-15,17,20-21,24-25,31H,7-8,10,12-13,16,18-19H2,1-6H3,(H,41,45)(H,42,46)/b11-9-/t24-,31+,38-/m1/s1. The van der Waals surface area contributed by atoms with Gasteiger partial charge in [0.2, 0.25) is 10.0 Å². The van der Waals surface area contributed by atoms with E-state index in [-0.39, 0.29) is 30.6 Å². The van der Waals surface area contributed by atoms with Crippen molar-refractivity contribution in [3.63, 3.8) is 0 Å². The van der Waals surface area contributed by atoms with Crippen LogP contribution < -0.4 is 19.5 Å². The topological polar surface area (TPSA) is 160 Å². The normalized spacial score (nSPS) is 24.4. The lowest BCUT2D eigenvalue weighted by atomic mass is 10.1. The molecule has 15 heteroatoms. The van der Waals surface area contributed by atoms with Gasteiger partial charge in [-0.25, -0.2) is 23.2 Å². The largest absolute Gasteiger partial charge is 0.496 e. The van der Waals surface area contributed by atoms with E-state index in [0.717, 1.165) is 35.2 Å². The minimum absolute atomic E-state index is 0.0405. The van der Waals surface area contributed by atoms with Crippen LogP contribution in [0.3, 0.4) is 0 Å². The lowest BCUT2D eigenvalue weighted by Crippen LogP contribution is -2.54. The second-order valence-corrected chi connectivity index (χ2v) is 17.7. The number of urea groups is 1. The molecule has 0 spiro atoms. The van der Waals surface area contributed by atoms with Gasteiger partial charge in [-0.15, -0.1) is 11.3 Å². The molecule has 0 bridgehead atoms. The van der Waals surface area contributed by atoms with Crippen molar-refractivity contribution in [3.05, 3.63) is 57.6 Å². The van der Waals surface area contributed by atoms with E-state index in [1.165, 1.54) is 4.90 Å². The lowest BCUT2D eigenvalue weighted by Gasteiger charge is -2.28. The fraction of sp³-hybridized carbons (Fsp3) is 0.500. The van der Waals surface area contributed by atoms with Crippen molar-refractivity contribution in [1.29, 1.82) is 0 Å². The number of methoxy groups -OCH3 is 1. The summed E-state index contributed by atoms with van der Waals surface area (Å²) in [4.78, 5) is 55.0. The molecule has 4 amide bonds. The highest BCUT2D eigenvalue weighted by atomic mass is 32.2. The van der Waals surface area contributed by atoms with Gasteiger partial charge >= 0.3 is 6.03 Å². The third-order valence-electron chi connectivity index (χ3n) is 10.6. The van der Waals surface area contributed by atoms with E-state index in [0.29, 0.717) is 53.4 Å². The quantitative estimate of drug-likeness (QED) is 0.286. The van der Waals surface area contributed by atoms with Crippen LogP contribution in [0.15, 0.2) is 47.0 Å². The molecule has 4 heterocycles. The first kappa shape index (κ1) is 36.8. The predicted molar refractivity (Wildman–Crippen MR) is 202 cm³/mol. The number of ether oxygens (including phenoxy) is 2. The Hall–Kier alpha value is -4.50. The van der Waals surface area contributed by atoms with Crippen LogP contribution in [0.1, 0.15) is 75.8 Å². The predicted octanol–water partition coefficient (Wildman–Crippen LogP) is 5.41. The average Bonchev–Trinajstić information content (AvgIpc) is 4.01. The Kier molecular flexibility index (Phi) is 9.77. The van der Waals surface area contributed by atoms with E-state index in [2.05, 4.69) is 23.9 Å². The van der Waals surface area contributed by atoms with Crippen molar-refractivity contribution < 1.29 is 32.3 Å². The van der Waals surface area contributed by atoms with Gasteiger partial charge < -0.3 is 19.7 Å². The first-order valence-electron chi connectivity index (χ1n) is 18.1. The van der Waals surface area contributed by atoms with Crippen molar-refractivity contribution in [3.8, 4) is 22.9 Å². The summed E-state index contributed by atoms with van der Waals surface area (Å²) < 4.78 is 40.3. The summed E-state index contributed by atoms with van der Waals surface area (Å²) in [6, 6.07) is 5.20. The average molecular weight is 763 g/mol. The molecule has 0 unspecified atom stereocenters. The zero-order valence-electron chi connectivity index (χ0n) is 30.9. The van der Waals surface area contributed by atoms with Crippen LogP contribution in [-0.2, 0) is 19.6 Å². The molecule has 2 N–H and O–H groups in total. The maximum absolute atomic E-state index is 14.4. The summed E-state index contributed by atoms with van der Waals surface area (Å²) in [5.41, 5.74) is 1.93. The number of carbonyl (C=O) groups excluding carboxylic acids is 3. The van der Waals surface area contributed by atoms with Crippen molar-refractivity contribution in [2.24, 2.45) is 5.92 Å². The maximum Gasteiger partial charge on any atom is 0.324 e. The van der Waals surface area contributed by atoms with Crippen LogP contribution in [0.2, 0.25) is 0 Å². The number of hydrogen-bond donors (Lipinski definition) is 2. The zero-order chi connectivity index (χ0) is 37.8. The van der Waals surface area contributed by atoms with Crippen LogP contribution in [0.5, 0.6) is 11.5 Å². The van der Waals surface area contributed by atoms with Crippen LogP contribution in [0, 0.1) is 12.8 Å².